The molecule has 2 N–H and O–H groups in total. The molecule has 110 valence electrons. The third-order valence-corrected chi connectivity index (χ3v) is 1.95. The van der Waals surface area contributed by atoms with E-state index in [1.54, 1.807) is 0 Å². The summed E-state index contributed by atoms with van der Waals surface area (Å²) < 4.78 is 0. The number of hydrogen-bond donors (Lipinski definition) is 2. The standard InChI is InChI=1S/C9H10N3O6.Fm/c13-5-10-3-6(14)11-4-9(17)18-12-7(15)1-2-8(12)16;/h1-4H2,(H,10,13)(H,11,14);/q-1;. The van der Waals surface area contributed by atoms with Crippen LogP contribution in [0.1, 0.15) is 12.8 Å². The summed E-state index contributed by atoms with van der Waals surface area (Å²) in [5.74, 6) is -2.79. The molecule has 19 heavy (non-hydrogen) atoms. The van der Waals surface area contributed by atoms with Gasteiger partial charge in [0.1, 0.15) is 6.54 Å². The molecule has 1 rings (SSSR count). The molecule has 0 aromatic rings. The van der Waals surface area contributed by atoms with E-state index in [0.29, 0.717) is 5.06 Å². The van der Waals surface area contributed by atoms with Gasteiger partial charge in [-0.25, -0.2) is 4.79 Å². The SMILES string of the molecule is O=[C-]NCC(=O)NCC(=O)ON1C(=O)CCC1=O.[Fm]. The Morgan fingerprint density at radius 2 is 1.79 bits per heavy atom. The Hall–Kier alpha value is -3.45. The van der Waals surface area contributed by atoms with Crippen molar-refractivity contribution in [1.82, 2.24) is 15.7 Å². The molecule has 10 heteroatoms. The van der Waals surface area contributed by atoms with Gasteiger partial charge in [-0.05, 0) is 0 Å². The number of rotatable bonds is 6. The summed E-state index contributed by atoms with van der Waals surface area (Å²) >= 11 is 0. The molecule has 1 aliphatic heterocycles. The van der Waals surface area contributed by atoms with Gasteiger partial charge in [0.15, 0.2) is 0 Å². The van der Waals surface area contributed by atoms with Crippen molar-refractivity contribution in [3.05, 3.63) is 0 Å². The molecule has 1 saturated heterocycles. The minimum absolute atomic E-state index is 0. The second kappa shape index (κ2) is 6.99. The van der Waals surface area contributed by atoms with Gasteiger partial charge in [0.05, 0.1) is 6.54 Å². The number of carbonyl (C=O) groups excluding carboxylic acids is 5. The van der Waals surface area contributed by atoms with E-state index in [1.807, 2.05) is 5.32 Å². The molecule has 0 spiro atoms. The van der Waals surface area contributed by atoms with E-state index in [1.165, 1.54) is 6.41 Å². The van der Waals surface area contributed by atoms with Crippen molar-refractivity contribution < 1.29 is 28.8 Å². The summed E-state index contributed by atoms with van der Waals surface area (Å²) in [6.45, 7) is -0.852. The zero-order valence-corrected chi connectivity index (χ0v) is 11.9. The molecule has 0 bridgehead atoms. The molecular formula is C9H10FmN3O6-. The smallest absolute Gasteiger partial charge is 0.352 e. The average molecular weight is 513 g/mol. The van der Waals surface area contributed by atoms with Gasteiger partial charge < -0.3 is 20.3 Å². The molecule has 0 atom stereocenters. The van der Waals surface area contributed by atoms with E-state index >= 15 is 0 Å². The summed E-state index contributed by atoms with van der Waals surface area (Å²) in [5.41, 5.74) is 0. The molecule has 0 aliphatic carbocycles. The van der Waals surface area contributed by atoms with Crippen LogP contribution in [-0.4, -0.2) is 48.3 Å². The van der Waals surface area contributed by atoms with Crippen molar-refractivity contribution in [2.24, 2.45) is 0 Å². The third kappa shape index (κ3) is 4.51. The second-order valence-corrected chi connectivity index (χ2v) is 3.28. The van der Waals surface area contributed by atoms with Crippen LogP contribution in [0.5, 0.6) is 0 Å². The van der Waals surface area contributed by atoms with Gasteiger partial charge in [-0.3, -0.25) is 14.4 Å². The van der Waals surface area contributed by atoms with Crippen molar-refractivity contribution in [3.63, 3.8) is 0 Å². The van der Waals surface area contributed by atoms with Gasteiger partial charge in [-0.1, -0.05) is 0 Å². The van der Waals surface area contributed by atoms with Gasteiger partial charge >= 0.3 is 5.97 Å². The van der Waals surface area contributed by atoms with Gasteiger partial charge in [-0.2, -0.15) is 6.41 Å². The molecule has 0 aromatic heterocycles. The molecule has 9 nitrogen and oxygen atoms in total. The Labute approximate surface area is 101 Å². The topological polar surface area (TPSA) is 122 Å². The van der Waals surface area contributed by atoms with Crippen LogP contribution in [0.4, 0.5) is 0 Å². The summed E-state index contributed by atoms with van der Waals surface area (Å²) in [7, 11) is 0. The van der Waals surface area contributed by atoms with Gasteiger partial charge in [-0.15, -0.1) is 5.06 Å². The molecule has 1 heterocycles. The minimum Gasteiger partial charge on any atom is -0.522 e. The maximum Gasteiger partial charge on any atom is 0.352 e. The van der Waals surface area contributed by atoms with E-state index in [-0.39, 0.29) is 19.4 Å². The minimum atomic E-state index is -0.956. The number of carbonyl (C=O) groups is 4. The Morgan fingerprint density at radius 1 is 1.21 bits per heavy atom. The molecule has 0 saturated carbocycles. The molecule has 0 radical (unpaired) electrons. The van der Waals surface area contributed by atoms with Crippen LogP contribution in [0.3, 0.4) is 0 Å². The van der Waals surface area contributed by atoms with Crippen molar-refractivity contribution in [1.29, 1.82) is 0 Å². The van der Waals surface area contributed by atoms with Crippen molar-refractivity contribution >= 4 is 30.1 Å². The van der Waals surface area contributed by atoms with Crippen molar-refractivity contribution in [3.8, 4) is 0 Å². The summed E-state index contributed by atoms with van der Waals surface area (Å²) in [6.07, 6.45) is 1.28. The van der Waals surface area contributed by atoms with Crippen molar-refractivity contribution in [2.75, 3.05) is 13.1 Å². The Kier molecular flexibility index (Phi) is 5.72. The largest absolute Gasteiger partial charge is 0.522 e. The quantitative estimate of drug-likeness (QED) is 0.228. The predicted molar refractivity (Wildman–Crippen MR) is 53.9 cm³/mol. The first-order valence-electron chi connectivity index (χ1n) is 4.98. The first-order chi connectivity index (χ1) is 8.54. The molecule has 1 fully saturated rings. The number of nitrogens with one attached hydrogen (secondary N) is 2. The first kappa shape index (κ1) is 15.6. The van der Waals surface area contributed by atoms with Gasteiger partial charge in [0, 0.05) is 12.8 Å². The van der Waals surface area contributed by atoms with Gasteiger partial charge in [0.25, 0.3) is 11.8 Å². The maximum absolute atomic E-state index is 11.2. The molecule has 1 aliphatic rings. The van der Waals surface area contributed by atoms with E-state index < -0.39 is 30.2 Å². The van der Waals surface area contributed by atoms with Crippen LogP contribution in [0.2, 0.25) is 0 Å². The predicted octanol–water partition coefficient (Wildman–Crippen LogP) is -2.63. The van der Waals surface area contributed by atoms with E-state index in [9.17, 15) is 24.0 Å². The summed E-state index contributed by atoms with van der Waals surface area (Å²) in [6, 6.07) is 0. The maximum atomic E-state index is 11.2. The Balaban J connectivity index is 0.00000324. The average Bonchev–Trinajstić information content (AvgIpc) is 2.65. The molecule has 0 aromatic carbocycles. The van der Waals surface area contributed by atoms with Crippen LogP contribution in [-0.2, 0) is 28.8 Å². The molecule has 0 unspecified atom stereocenters. The summed E-state index contributed by atoms with van der Waals surface area (Å²) in [4.78, 5) is 58.6. The number of hydroxylamine groups is 2. The van der Waals surface area contributed by atoms with Crippen molar-refractivity contribution in [2.45, 2.75) is 12.8 Å². The number of imide groups is 1. The Morgan fingerprint density at radius 3 is 2.32 bits per heavy atom. The fourth-order valence-electron chi connectivity index (χ4n) is 1.14. The van der Waals surface area contributed by atoms with Crippen LogP contribution in [0.25, 0.3) is 0 Å². The van der Waals surface area contributed by atoms with Crippen LogP contribution in [0, 0.1) is 0 Å². The molecule has 4 amide bonds. The molecular weight excluding hydrogens is 503 g/mol. The van der Waals surface area contributed by atoms with Crippen LogP contribution in [0.15, 0.2) is 0 Å². The fraction of sp³-hybridized carbons (Fsp3) is 0.444. The zero-order chi connectivity index (χ0) is 13.5. The van der Waals surface area contributed by atoms with E-state index in [4.69, 9.17) is 0 Å². The second-order valence-electron chi connectivity index (χ2n) is 3.28. The first-order valence-corrected chi connectivity index (χ1v) is 4.98. The van der Waals surface area contributed by atoms with Gasteiger partial charge in [0.2, 0.25) is 5.91 Å². The zero-order valence-electron chi connectivity index (χ0n) is 9.51. The number of nitrogens with zero attached hydrogens (tertiary/aromatic N) is 1. The van der Waals surface area contributed by atoms with E-state index in [2.05, 4.69) is 10.2 Å². The fourth-order valence-corrected chi connectivity index (χ4v) is 1.14. The monoisotopic (exact) mass is 513 g/mol. The normalized spacial score (nSPS) is 13.6. The van der Waals surface area contributed by atoms with Crippen LogP contribution >= 0.6 is 0 Å². The van der Waals surface area contributed by atoms with E-state index in [0.717, 1.165) is 0 Å². The summed E-state index contributed by atoms with van der Waals surface area (Å²) in [5, 5.41) is 4.47. The Bertz CT molecular complexity index is 383. The number of amides is 4. The third-order valence-electron chi connectivity index (χ3n) is 1.95. The van der Waals surface area contributed by atoms with Crippen LogP contribution < -0.4 is 10.6 Å². The number of hydrogen-bond acceptors (Lipinski definition) is 6.